The van der Waals surface area contributed by atoms with Gasteiger partial charge < -0.3 is 5.32 Å². The van der Waals surface area contributed by atoms with Gasteiger partial charge in [0.25, 0.3) is 0 Å². The van der Waals surface area contributed by atoms with Crippen molar-refractivity contribution in [2.75, 3.05) is 13.1 Å². The Kier molecular flexibility index (Phi) is 2.31. The van der Waals surface area contributed by atoms with E-state index in [2.05, 4.69) is 36.2 Å². The van der Waals surface area contributed by atoms with Crippen LogP contribution in [0.15, 0.2) is 6.33 Å². The molecule has 2 rings (SSSR count). The number of rotatable bonds is 3. The summed E-state index contributed by atoms with van der Waals surface area (Å²) in [6.45, 7) is 8.76. The van der Waals surface area contributed by atoms with Gasteiger partial charge >= 0.3 is 0 Å². The first-order valence-corrected chi connectivity index (χ1v) is 5.20. The third kappa shape index (κ3) is 1.66. The van der Waals surface area contributed by atoms with Crippen molar-refractivity contribution in [1.82, 2.24) is 20.1 Å². The molecule has 1 aromatic heterocycles. The van der Waals surface area contributed by atoms with E-state index < -0.39 is 0 Å². The van der Waals surface area contributed by atoms with Gasteiger partial charge in [0, 0.05) is 25.6 Å². The summed E-state index contributed by atoms with van der Waals surface area (Å²) in [6.07, 6.45) is 2.68. The van der Waals surface area contributed by atoms with Crippen LogP contribution in [0.25, 0.3) is 0 Å². The molecule has 1 fully saturated rings. The monoisotopic (exact) mass is 194 g/mol. The number of nitrogens with zero attached hydrogens (tertiary/aromatic N) is 3. The SMILES string of the molecule is CC(C)n1ncnc1CC1(C)CNC1. The molecule has 0 amide bonds. The minimum Gasteiger partial charge on any atom is -0.316 e. The maximum absolute atomic E-state index is 4.33. The summed E-state index contributed by atoms with van der Waals surface area (Å²) in [5, 5.41) is 7.55. The predicted octanol–water partition coefficient (Wildman–Crippen LogP) is 1.01. The van der Waals surface area contributed by atoms with Crippen molar-refractivity contribution in [3.05, 3.63) is 12.2 Å². The number of hydrogen-bond acceptors (Lipinski definition) is 3. The second-order valence-electron chi connectivity index (χ2n) is 4.81. The van der Waals surface area contributed by atoms with E-state index in [0.29, 0.717) is 11.5 Å². The fourth-order valence-electron chi connectivity index (χ4n) is 1.89. The molecule has 4 nitrogen and oxygen atoms in total. The molecule has 0 atom stereocenters. The van der Waals surface area contributed by atoms with E-state index in [1.807, 2.05) is 4.68 Å². The molecule has 0 saturated carbocycles. The van der Waals surface area contributed by atoms with Gasteiger partial charge in [-0.2, -0.15) is 5.10 Å². The molecule has 1 saturated heterocycles. The van der Waals surface area contributed by atoms with E-state index in [4.69, 9.17) is 0 Å². The summed E-state index contributed by atoms with van der Waals surface area (Å²) in [5.41, 5.74) is 0.389. The van der Waals surface area contributed by atoms with Crippen LogP contribution in [-0.4, -0.2) is 27.9 Å². The third-order valence-electron chi connectivity index (χ3n) is 2.82. The maximum atomic E-state index is 4.33. The second-order valence-corrected chi connectivity index (χ2v) is 4.81. The molecule has 0 spiro atoms. The molecule has 0 radical (unpaired) electrons. The van der Waals surface area contributed by atoms with E-state index in [1.165, 1.54) is 0 Å². The molecule has 1 aromatic rings. The molecule has 0 aliphatic carbocycles. The van der Waals surface area contributed by atoms with Crippen molar-refractivity contribution in [2.24, 2.45) is 5.41 Å². The van der Waals surface area contributed by atoms with Gasteiger partial charge in [-0.1, -0.05) is 6.92 Å². The molecule has 14 heavy (non-hydrogen) atoms. The Morgan fingerprint density at radius 2 is 2.29 bits per heavy atom. The van der Waals surface area contributed by atoms with Crippen molar-refractivity contribution >= 4 is 0 Å². The summed E-state index contributed by atoms with van der Waals surface area (Å²) in [6, 6.07) is 0.407. The van der Waals surface area contributed by atoms with Crippen LogP contribution in [-0.2, 0) is 6.42 Å². The fourth-order valence-corrected chi connectivity index (χ4v) is 1.89. The summed E-state index contributed by atoms with van der Waals surface area (Å²) in [4.78, 5) is 4.33. The lowest BCUT2D eigenvalue weighted by atomic mass is 9.80. The maximum Gasteiger partial charge on any atom is 0.138 e. The predicted molar refractivity (Wildman–Crippen MR) is 55.1 cm³/mol. The molecule has 78 valence electrons. The topological polar surface area (TPSA) is 42.7 Å². The van der Waals surface area contributed by atoms with Crippen molar-refractivity contribution in [3.63, 3.8) is 0 Å². The Bertz CT molecular complexity index is 312. The number of aromatic nitrogens is 3. The lowest BCUT2D eigenvalue weighted by Gasteiger charge is -2.39. The summed E-state index contributed by atoms with van der Waals surface area (Å²) < 4.78 is 2.02. The van der Waals surface area contributed by atoms with Crippen LogP contribution in [0.5, 0.6) is 0 Å². The fraction of sp³-hybridized carbons (Fsp3) is 0.800. The first-order valence-electron chi connectivity index (χ1n) is 5.20. The van der Waals surface area contributed by atoms with E-state index >= 15 is 0 Å². The quantitative estimate of drug-likeness (QED) is 0.781. The average Bonchev–Trinajstić information content (AvgIpc) is 2.49. The molecule has 1 N–H and O–H groups in total. The average molecular weight is 194 g/mol. The van der Waals surface area contributed by atoms with E-state index in [1.54, 1.807) is 6.33 Å². The third-order valence-corrected chi connectivity index (χ3v) is 2.82. The Labute approximate surface area is 84.7 Å². The van der Waals surface area contributed by atoms with Crippen LogP contribution < -0.4 is 5.32 Å². The lowest BCUT2D eigenvalue weighted by molar-refractivity contribution is 0.188. The first kappa shape index (κ1) is 9.65. The minimum atomic E-state index is 0.389. The highest BCUT2D eigenvalue weighted by Crippen LogP contribution is 2.26. The first-order chi connectivity index (χ1) is 6.61. The zero-order chi connectivity index (χ0) is 10.2. The van der Waals surface area contributed by atoms with Crippen LogP contribution in [0, 0.1) is 5.41 Å². The summed E-state index contributed by atoms with van der Waals surface area (Å²) >= 11 is 0. The van der Waals surface area contributed by atoms with Crippen molar-refractivity contribution in [3.8, 4) is 0 Å². The molecule has 4 heteroatoms. The van der Waals surface area contributed by atoms with E-state index in [0.717, 1.165) is 25.3 Å². The number of hydrogen-bond donors (Lipinski definition) is 1. The van der Waals surface area contributed by atoms with Crippen molar-refractivity contribution in [2.45, 2.75) is 33.2 Å². The Balaban J connectivity index is 2.12. The highest BCUT2D eigenvalue weighted by Gasteiger charge is 2.33. The Morgan fingerprint density at radius 1 is 1.57 bits per heavy atom. The molecular weight excluding hydrogens is 176 g/mol. The van der Waals surface area contributed by atoms with Crippen molar-refractivity contribution < 1.29 is 0 Å². The van der Waals surface area contributed by atoms with Crippen LogP contribution in [0.4, 0.5) is 0 Å². The van der Waals surface area contributed by atoms with Gasteiger partial charge in [0.1, 0.15) is 12.2 Å². The smallest absolute Gasteiger partial charge is 0.138 e. The van der Waals surface area contributed by atoms with Gasteiger partial charge in [-0.25, -0.2) is 9.67 Å². The highest BCUT2D eigenvalue weighted by atomic mass is 15.3. The van der Waals surface area contributed by atoms with Crippen LogP contribution in [0.1, 0.15) is 32.6 Å². The molecule has 0 bridgehead atoms. The summed E-state index contributed by atoms with van der Waals surface area (Å²) in [7, 11) is 0. The van der Waals surface area contributed by atoms with Crippen LogP contribution in [0.3, 0.4) is 0 Å². The van der Waals surface area contributed by atoms with Gasteiger partial charge in [0.05, 0.1) is 0 Å². The van der Waals surface area contributed by atoms with E-state index in [-0.39, 0.29) is 0 Å². The number of nitrogens with one attached hydrogen (secondary N) is 1. The molecule has 0 unspecified atom stereocenters. The van der Waals surface area contributed by atoms with Gasteiger partial charge in [0.15, 0.2) is 0 Å². The van der Waals surface area contributed by atoms with Crippen LogP contribution in [0.2, 0.25) is 0 Å². The highest BCUT2D eigenvalue weighted by molar-refractivity contribution is 4.99. The normalized spacial score (nSPS) is 19.7. The zero-order valence-electron chi connectivity index (χ0n) is 9.12. The van der Waals surface area contributed by atoms with Gasteiger partial charge in [-0.15, -0.1) is 0 Å². The lowest BCUT2D eigenvalue weighted by Crippen LogP contribution is -2.53. The van der Waals surface area contributed by atoms with Crippen LogP contribution >= 0.6 is 0 Å². The van der Waals surface area contributed by atoms with E-state index in [9.17, 15) is 0 Å². The molecule has 1 aliphatic rings. The van der Waals surface area contributed by atoms with Gasteiger partial charge in [-0.3, -0.25) is 0 Å². The Hall–Kier alpha value is -0.900. The summed E-state index contributed by atoms with van der Waals surface area (Å²) in [5.74, 6) is 1.11. The molecular formula is C10H18N4. The largest absolute Gasteiger partial charge is 0.316 e. The Morgan fingerprint density at radius 3 is 2.79 bits per heavy atom. The standard InChI is InChI=1S/C10H18N4/c1-8(2)14-9(12-7-13-14)4-10(3)5-11-6-10/h7-8,11H,4-6H2,1-3H3. The van der Waals surface area contributed by atoms with Gasteiger partial charge in [0.2, 0.25) is 0 Å². The molecule has 0 aromatic carbocycles. The van der Waals surface area contributed by atoms with Crippen molar-refractivity contribution in [1.29, 1.82) is 0 Å². The second kappa shape index (κ2) is 3.35. The minimum absolute atomic E-state index is 0.389. The zero-order valence-corrected chi connectivity index (χ0v) is 9.12. The molecule has 2 heterocycles. The van der Waals surface area contributed by atoms with Gasteiger partial charge in [-0.05, 0) is 19.3 Å². The molecule has 1 aliphatic heterocycles.